The Labute approximate surface area is 163 Å². The lowest BCUT2D eigenvalue weighted by atomic mass is 10.1. The molecule has 1 aromatic carbocycles. The Hall–Kier alpha value is -2.28. The molecule has 1 saturated heterocycles. The first-order chi connectivity index (χ1) is 12.9. The number of carboxylic acid groups (broad SMARTS) is 1. The molecule has 1 unspecified atom stereocenters. The predicted molar refractivity (Wildman–Crippen MR) is 102 cm³/mol. The molecular formula is C19H25ClN2O5. The van der Waals surface area contributed by atoms with Gasteiger partial charge in [0.05, 0.1) is 18.7 Å². The van der Waals surface area contributed by atoms with Crippen molar-refractivity contribution in [3.63, 3.8) is 0 Å². The number of halogens is 1. The summed E-state index contributed by atoms with van der Waals surface area (Å²) in [4.78, 5) is 36.7. The molecule has 0 aliphatic carbocycles. The number of nitrogens with one attached hydrogen (secondary N) is 1. The summed E-state index contributed by atoms with van der Waals surface area (Å²) in [6.45, 7) is 0.817. The zero-order valence-electron chi connectivity index (χ0n) is 15.4. The van der Waals surface area contributed by atoms with Crippen molar-refractivity contribution in [2.75, 3.05) is 25.1 Å². The van der Waals surface area contributed by atoms with Crippen molar-refractivity contribution in [2.45, 2.75) is 38.5 Å². The molecule has 2 rings (SSSR count). The minimum absolute atomic E-state index is 0.135. The van der Waals surface area contributed by atoms with Gasteiger partial charge in [0.1, 0.15) is 5.75 Å². The molecule has 7 nitrogen and oxygen atoms in total. The zero-order chi connectivity index (χ0) is 19.8. The molecule has 0 aromatic heterocycles. The third-order valence-electron chi connectivity index (χ3n) is 4.54. The molecule has 2 amide bonds. The zero-order valence-corrected chi connectivity index (χ0v) is 16.1. The largest absolute Gasteiger partial charge is 0.495 e. The third kappa shape index (κ3) is 6.13. The van der Waals surface area contributed by atoms with E-state index in [1.807, 2.05) is 0 Å². The number of ether oxygens (including phenoxy) is 1. The van der Waals surface area contributed by atoms with Gasteiger partial charge < -0.3 is 20.1 Å². The topological polar surface area (TPSA) is 95.9 Å². The second-order valence-corrected chi connectivity index (χ2v) is 7.01. The van der Waals surface area contributed by atoms with Crippen molar-refractivity contribution in [3.05, 3.63) is 23.2 Å². The number of carboxylic acids is 1. The van der Waals surface area contributed by atoms with E-state index in [2.05, 4.69) is 5.32 Å². The number of amides is 2. The van der Waals surface area contributed by atoms with Crippen molar-refractivity contribution >= 4 is 35.1 Å². The van der Waals surface area contributed by atoms with Crippen LogP contribution in [-0.2, 0) is 14.4 Å². The number of carbonyl (C=O) groups excluding carboxylic acids is 2. The van der Waals surface area contributed by atoms with Crippen LogP contribution in [0.3, 0.4) is 0 Å². The molecule has 0 bridgehead atoms. The Morgan fingerprint density at radius 3 is 2.74 bits per heavy atom. The normalized spacial score (nSPS) is 16.4. The molecule has 0 saturated carbocycles. The first-order valence-corrected chi connectivity index (χ1v) is 9.43. The van der Waals surface area contributed by atoms with Crippen LogP contribution in [0.15, 0.2) is 18.2 Å². The van der Waals surface area contributed by atoms with E-state index in [1.54, 1.807) is 23.1 Å². The fourth-order valence-electron chi connectivity index (χ4n) is 3.10. The lowest BCUT2D eigenvalue weighted by molar-refractivity contribution is -0.137. The summed E-state index contributed by atoms with van der Waals surface area (Å²) in [5, 5.41) is 11.9. The van der Waals surface area contributed by atoms with Crippen molar-refractivity contribution in [1.82, 2.24) is 5.32 Å². The summed E-state index contributed by atoms with van der Waals surface area (Å²) >= 11 is 6.03. The van der Waals surface area contributed by atoms with Crippen molar-refractivity contribution in [1.29, 1.82) is 0 Å². The highest BCUT2D eigenvalue weighted by Crippen LogP contribution is 2.35. The smallest absolute Gasteiger partial charge is 0.303 e. The van der Waals surface area contributed by atoms with Crippen LogP contribution < -0.4 is 15.0 Å². The highest BCUT2D eigenvalue weighted by molar-refractivity contribution is 6.31. The maximum atomic E-state index is 12.4. The molecular weight excluding hydrogens is 372 g/mol. The Kier molecular flexibility index (Phi) is 7.91. The summed E-state index contributed by atoms with van der Waals surface area (Å²) in [7, 11) is 1.52. The lowest BCUT2D eigenvalue weighted by Gasteiger charge is -2.19. The molecule has 0 spiro atoms. The Bertz CT molecular complexity index is 695. The van der Waals surface area contributed by atoms with Crippen molar-refractivity contribution in [3.8, 4) is 5.75 Å². The van der Waals surface area contributed by atoms with Crippen molar-refractivity contribution in [2.24, 2.45) is 5.92 Å². The quantitative estimate of drug-likeness (QED) is 0.593. The van der Waals surface area contributed by atoms with Crippen LogP contribution in [0.5, 0.6) is 5.75 Å². The first-order valence-electron chi connectivity index (χ1n) is 9.05. The number of anilines is 1. The molecule has 1 aliphatic heterocycles. The van der Waals surface area contributed by atoms with Crippen LogP contribution in [-0.4, -0.2) is 43.1 Å². The van der Waals surface area contributed by atoms with E-state index in [1.165, 1.54) is 7.11 Å². The van der Waals surface area contributed by atoms with Gasteiger partial charge in [0.2, 0.25) is 11.8 Å². The van der Waals surface area contributed by atoms with E-state index in [4.69, 9.17) is 21.4 Å². The Morgan fingerprint density at radius 2 is 2.04 bits per heavy atom. The second kappa shape index (κ2) is 10.2. The average molecular weight is 397 g/mol. The molecule has 1 atom stereocenters. The Balaban J connectivity index is 1.80. The van der Waals surface area contributed by atoms with Crippen LogP contribution in [0.1, 0.15) is 38.5 Å². The van der Waals surface area contributed by atoms with Crippen LogP contribution >= 0.6 is 11.6 Å². The monoisotopic (exact) mass is 396 g/mol. The number of methoxy groups -OCH3 is 1. The number of carbonyl (C=O) groups is 3. The molecule has 2 N–H and O–H groups in total. The number of benzene rings is 1. The maximum absolute atomic E-state index is 12.4. The van der Waals surface area contributed by atoms with E-state index in [0.29, 0.717) is 36.0 Å². The van der Waals surface area contributed by atoms with Gasteiger partial charge >= 0.3 is 5.97 Å². The van der Waals surface area contributed by atoms with Crippen LogP contribution in [0.4, 0.5) is 5.69 Å². The van der Waals surface area contributed by atoms with Gasteiger partial charge in [0.15, 0.2) is 0 Å². The molecule has 1 heterocycles. The minimum Gasteiger partial charge on any atom is -0.495 e. The third-order valence-corrected chi connectivity index (χ3v) is 4.78. The van der Waals surface area contributed by atoms with E-state index in [-0.39, 0.29) is 24.7 Å². The van der Waals surface area contributed by atoms with E-state index < -0.39 is 11.9 Å². The molecule has 148 valence electrons. The van der Waals surface area contributed by atoms with Crippen molar-refractivity contribution < 1.29 is 24.2 Å². The molecule has 27 heavy (non-hydrogen) atoms. The molecule has 1 fully saturated rings. The summed E-state index contributed by atoms with van der Waals surface area (Å²) in [5.41, 5.74) is 0.573. The van der Waals surface area contributed by atoms with Gasteiger partial charge in [-0.25, -0.2) is 0 Å². The fourth-order valence-corrected chi connectivity index (χ4v) is 3.27. The maximum Gasteiger partial charge on any atom is 0.303 e. The summed E-state index contributed by atoms with van der Waals surface area (Å²) in [6, 6.07) is 5.05. The minimum atomic E-state index is -0.782. The number of nitrogens with zero attached hydrogens (tertiary/aromatic N) is 1. The number of unbranched alkanes of at least 4 members (excludes halogenated alkanes) is 3. The van der Waals surface area contributed by atoms with Gasteiger partial charge in [0, 0.05) is 31.0 Å². The van der Waals surface area contributed by atoms with Crippen LogP contribution in [0.25, 0.3) is 0 Å². The van der Waals surface area contributed by atoms with Gasteiger partial charge in [-0.2, -0.15) is 0 Å². The van der Waals surface area contributed by atoms with Crippen LogP contribution in [0, 0.1) is 5.92 Å². The highest BCUT2D eigenvalue weighted by Gasteiger charge is 2.36. The van der Waals surface area contributed by atoms with E-state index in [0.717, 1.165) is 19.3 Å². The fraction of sp³-hybridized carbons (Fsp3) is 0.526. The molecule has 0 radical (unpaired) electrons. The highest BCUT2D eigenvalue weighted by atomic mass is 35.5. The SMILES string of the molecule is COc1ccc(Cl)cc1N1CC(C(=O)NCCCCCCC(=O)O)CC1=O. The summed E-state index contributed by atoms with van der Waals surface area (Å²) in [6.07, 6.45) is 3.46. The molecule has 8 heteroatoms. The summed E-state index contributed by atoms with van der Waals surface area (Å²) < 4.78 is 5.29. The number of rotatable bonds is 10. The predicted octanol–water partition coefficient (Wildman–Crippen LogP) is 2.85. The Morgan fingerprint density at radius 1 is 1.30 bits per heavy atom. The van der Waals surface area contributed by atoms with Gasteiger partial charge in [0.25, 0.3) is 0 Å². The number of hydrogen-bond acceptors (Lipinski definition) is 4. The number of hydrogen-bond donors (Lipinski definition) is 2. The average Bonchev–Trinajstić information content (AvgIpc) is 3.02. The standard InChI is InChI=1S/C19H25ClN2O5/c1-27-16-8-7-14(20)11-15(16)22-12-13(10-17(22)23)19(26)21-9-5-3-2-4-6-18(24)25/h7-8,11,13H,2-6,9-10,12H2,1H3,(H,21,26)(H,24,25). The van der Waals surface area contributed by atoms with E-state index in [9.17, 15) is 14.4 Å². The van der Waals surface area contributed by atoms with E-state index >= 15 is 0 Å². The first kappa shape index (κ1) is 21.0. The van der Waals surface area contributed by atoms with Gasteiger partial charge in [-0.05, 0) is 31.0 Å². The summed E-state index contributed by atoms with van der Waals surface area (Å²) in [5.74, 6) is -0.930. The van der Waals surface area contributed by atoms with Gasteiger partial charge in [-0.15, -0.1) is 0 Å². The number of aliphatic carboxylic acids is 1. The van der Waals surface area contributed by atoms with Gasteiger partial charge in [-0.3, -0.25) is 14.4 Å². The van der Waals surface area contributed by atoms with Gasteiger partial charge in [-0.1, -0.05) is 24.4 Å². The second-order valence-electron chi connectivity index (χ2n) is 6.57. The lowest BCUT2D eigenvalue weighted by Crippen LogP contribution is -2.33. The molecule has 1 aliphatic rings. The van der Waals surface area contributed by atoms with Crippen LogP contribution in [0.2, 0.25) is 5.02 Å². The molecule has 1 aromatic rings.